The number of hydrogen-bond acceptors (Lipinski definition) is 4. The van der Waals surface area contributed by atoms with E-state index in [-0.39, 0.29) is 11.4 Å². The van der Waals surface area contributed by atoms with E-state index in [4.69, 9.17) is 10.9 Å². The first-order valence-electron chi connectivity index (χ1n) is 5.93. The van der Waals surface area contributed by atoms with Crippen molar-refractivity contribution in [3.8, 4) is 0 Å². The standard InChI is InChI=1S/C12H19N3O3S/c1-12(2,19(14)18)7-3-4-9-5-6-10(13)11(8-9)15(16)17/h5-6,8H,3-4,7,13-14H2,1-2H3. The summed E-state index contributed by atoms with van der Waals surface area (Å²) in [4.78, 5) is 10.3. The van der Waals surface area contributed by atoms with Gasteiger partial charge >= 0.3 is 0 Å². The van der Waals surface area contributed by atoms with Crippen LogP contribution < -0.4 is 10.9 Å². The summed E-state index contributed by atoms with van der Waals surface area (Å²) in [5, 5.41) is 16.2. The molecule has 19 heavy (non-hydrogen) atoms. The molecule has 6 nitrogen and oxygen atoms in total. The van der Waals surface area contributed by atoms with Gasteiger partial charge in [0.2, 0.25) is 0 Å². The molecule has 0 saturated heterocycles. The van der Waals surface area contributed by atoms with Crippen molar-refractivity contribution in [2.45, 2.75) is 37.9 Å². The zero-order chi connectivity index (χ0) is 14.6. The van der Waals surface area contributed by atoms with Crippen molar-refractivity contribution >= 4 is 22.4 Å². The highest BCUT2D eigenvalue weighted by molar-refractivity contribution is 7.84. The van der Waals surface area contributed by atoms with Crippen LogP contribution in [0.2, 0.25) is 0 Å². The largest absolute Gasteiger partial charge is 0.393 e. The van der Waals surface area contributed by atoms with Gasteiger partial charge in [-0.3, -0.25) is 15.3 Å². The zero-order valence-corrected chi connectivity index (χ0v) is 11.9. The second-order valence-electron chi connectivity index (χ2n) is 5.06. The summed E-state index contributed by atoms with van der Waals surface area (Å²) in [5.74, 6) is 0. The van der Waals surface area contributed by atoms with Gasteiger partial charge < -0.3 is 5.73 Å². The lowest BCUT2D eigenvalue weighted by molar-refractivity contribution is -0.384. The number of anilines is 1. The molecule has 106 valence electrons. The van der Waals surface area contributed by atoms with Crippen LogP contribution in [0.1, 0.15) is 32.3 Å². The molecule has 0 fully saturated rings. The lowest BCUT2D eigenvalue weighted by atomic mass is 10.0. The Morgan fingerprint density at radius 2 is 2.05 bits per heavy atom. The van der Waals surface area contributed by atoms with Gasteiger partial charge in [-0.25, -0.2) is 4.21 Å². The summed E-state index contributed by atoms with van der Waals surface area (Å²) < 4.78 is 10.8. The first kappa shape index (κ1) is 15.6. The topological polar surface area (TPSA) is 112 Å². The highest BCUT2D eigenvalue weighted by Crippen LogP contribution is 2.24. The molecule has 1 unspecified atom stereocenters. The lowest BCUT2D eigenvalue weighted by Gasteiger charge is -2.20. The van der Waals surface area contributed by atoms with E-state index in [2.05, 4.69) is 0 Å². The summed E-state index contributed by atoms with van der Waals surface area (Å²) in [7, 11) is -1.38. The summed E-state index contributed by atoms with van der Waals surface area (Å²) in [6, 6.07) is 4.80. The van der Waals surface area contributed by atoms with Gasteiger partial charge in [-0.2, -0.15) is 0 Å². The molecule has 0 aliphatic carbocycles. The third-order valence-corrected chi connectivity index (χ3v) is 4.37. The Bertz CT molecular complexity index is 503. The zero-order valence-electron chi connectivity index (χ0n) is 11.1. The maximum Gasteiger partial charge on any atom is 0.292 e. The number of nitro benzene ring substituents is 1. The lowest BCUT2D eigenvalue weighted by Crippen LogP contribution is -2.31. The van der Waals surface area contributed by atoms with Crippen molar-refractivity contribution in [3.63, 3.8) is 0 Å². The minimum Gasteiger partial charge on any atom is -0.393 e. The molecule has 1 rings (SSSR count). The molecule has 7 heteroatoms. The van der Waals surface area contributed by atoms with Gasteiger partial charge in [-0.1, -0.05) is 6.07 Å². The predicted octanol–water partition coefficient (Wildman–Crippen LogP) is 1.90. The quantitative estimate of drug-likeness (QED) is 0.472. The average molecular weight is 285 g/mol. The molecule has 0 amide bonds. The molecule has 0 radical (unpaired) electrons. The number of nitrogens with zero attached hydrogens (tertiary/aromatic N) is 1. The molecule has 0 aliphatic heterocycles. The average Bonchev–Trinajstić information content (AvgIpc) is 2.30. The Morgan fingerprint density at radius 3 is 2.58 bits per heavy atom. The Hall–Kier alpha value is -1.47. The van der Waals surface area contributed by atoms with Gasteiger partial charge in [0.15, 0.2) is 0 Å². The van der Waals surface area contributed by atoms with Gasteiger partial charge in [0.1, 0.15) is 5.69 Å². The molecule has 4 N–H and O–H groups in total. The van der Waals surface area contributed by atoms with E-state index in [1.54, 1.807) is 12.1 Å². The summed E-state index contributed by atoms with van der Waals surface area (Å²) >= 11 is 0. The van der Waals surface area contributed by atoms with Crippen LogP contribution in [-0.4, -0.2) is 13.9 Å². The minimum absolute atomic E-state index is 0.0702. The van der Waals surface area contributed by atoms with Gasteiger partial charge in [-0.15, -0.1) is 0 Å². The number of rotatable bonds is 6. The van der Waals surface area contributed by atoms with E-state index in [1.807, 2.05) is 13.8 Å². The van der Waals surface area contributed by atoms with Crippen LogP contribution in [0.3, 0.4) is 0 Å². The van der Waals surface area contributed by atoms with Crippen molar-refractivity contribution in [1.82, 2.24) is 0 Å². The van der Waals surface area contributed by atoms with Gasteiger partial charge in [0.05, 0.1) is 20.7 Å². The second-order valence-corrected chi connectivity index (χ2v) is 6.76. The Balaban J connectivity index is 2.67. The molecule has 0 spiro atoms. The fourth-order valence-electron chi connectivity index (χ4n) is 1.72. The van der Waals surface area contributed by atoms with Crippen LogP contribution in [0.5, 0.6) is 0 Å². The number of nitrogen functional groups attached to an aromatic ring is 1. The Labute approximate surface area is 114 Å². The van der Waals surface area contributed by atoms with Crippen molar-refractivity contribution in [3.05, 3.63) is 33.9 Å². The molecule has 0 heterocycles. The number of aryl methyl sites for hydroxylation is 1. The number of hydrogen-bond donors (Lipinski definition) is 2. The van der Waals surface area contributed by atoms with Gasteiger partial charge in [-0.05, 0) is 44.7 Å². The molecule has 0 aromatic heterocycles. The van der Waals surface area contributed by atoms with E-state index in [0.29, 0.717) is 12.8 Å². The van der Waals surface area contributed by atoms with E-state index in [1.165, 1.54) is 6.07 Å². The van der Waals surface area contributed by atoms with Crippen molar-refractivity contribution < 1.29 is 9.13 Å². The molecule has 1 aromatic carbocycles. The maximum absolute atomic E-state index is 11.3. The predicted molar refractivity (Wildman–Crippen MR) is 76.9 cm³/mol. The monoisotopic (exact) mass is 285 g/mol. The fourth-order valence-corrected chi connectivity index (χ4v) is 2.07. The van der Waals surface area contributed by atoms with Crippen LogP contribution >= 0.6 is 0 Å². The van der Waals surface area contributed by atoms with Crippen LogP contribution in [-0.2, 0) is 17.4 Å². The highest BCUT2D eigenvalue weighted by Gasteiger charge is 2.22. The van der Waals surface area contributed by atoms with Gasteiger partial charge in [0.25, 0.3) is 5.69 Å². The van der Waals surface area contributed by atoms with Crippen LogP contribution in [0.25, 0.3) is 0 Å². The van der Waals surface area contributed by atoms with Crippen LogP contribution in [0, 0.1) is 10.1 Å². The Kier molecular flexibility index (Phi) is 5.02. The number of nitro groups is 1. The van der Waals surface area contributed by atoms with E-state index >= 15 is 0 Å². The highest BCUT2D eigenvalue weighted by atomic mass is 32.2. The van der Waals surface area contributed by atoms with Crippen LogP contribution in [0.15, 0.2) is 18.2 Å². The number of nitrogens with two attached hydrogens (primary N) is 2. The molecular formula is C12H19N3O3S. The smallest absolute Gasteiger partial charge is 0.292 e. The summed E-state index contributed by atoms with van der Waals surface area (Å²) in [5.41, 5.74) is 6.47. The fraction of sp³-hybridized carbons (Fsp3) is 0.500. The molecule has 1 aromatic rings. The first-order valence-corrected chi connectivity index (χ1v) is 7.14. The normalized spacial score (nSPS) is 13.2. The van der Waals surface area contributed by atoms with E-state index in [9.17, 15) is 14.3 Å². The second kappa shape index (κ2) is 6.12. The summed E-state index contributed by atoms with van der Waals surface area (Å²) in [6.45, 7) is 3.68. The molecule has 0 bridgehead atoms. The maximum atomic E-state index is 11.3. The third-order valence-electron chi connectivity index (χ3n) is 3.08. The van der Waals surface area contributed by atoms with Crippen molar-refractivity contribution in [2.75, 3.05) is 5.73 Å². The van der Waals surface area contributed by atoms with Crippen molar-refractivity contribution in [1.29, 1.82) is 0 Å². The SMILES string of the molecule is CC(C)(CCCc1ccc(N)c([N+](=O)[O-])c1)S(N)=O. The Morgan fingerprint density at radius 1 is 1.42 bits per heavy atom. The third kappa shape index (κ3) is 4.29. The first-order chi connectivity index (χ1) is 8.74. The molecule has 0 aliphatic rings. The molecular weight excluding hydrogens is 266 g/mol. The van der Waals surface area contributed by atoms with Crippen LogP contribution in [0.4, 0.5) is 11.4 Å². The summed E-state index contributed by atoms with van der Waals surface area (Å²) in [6.07, 6.45) is 2.12. The van der Waals surface area contributed by atoms with E-state index in [0.717, 1.165) is 12.0 Å². The van der Waals surface area contributed by atoms with Crippen molar-refractivity contribution in [2.24, 2.45) is 5.14 Å². The van der Waals surface area contributed by atoms with E-state index < -0.39 is 20.7 Å². The van der Waals surface area contributed by atoms with Gasteiger partial charge in [0, 0.05) is 6.07 Å². The number of benzene rings is 1. The minimum atomic E-state index is -1.38. The molecule has 0 saturated carbocycles. The molecule has 1 atom stereocenters.